The molecule has 0 atom stereocenters. The van der Waals surface area contributed by atoms with Crippen molar-refractivity contribution in [3.05, 3.63) is 0 Å². The first-order chi connectivity index (χ1) is 1.41. The summed E-state index contributed by atoms with van der Waals surface area (Å²) in [6, 6.07) is 0. The Labute approximate surface area is 49.1 Å². The van der Waals surface area contributed by atoms with Gasteiger partial charge in [-0.15, -0.1) is 0 Å². The minimum atomic E-state index is 0. The molecule has 0 aliphatic carbocycles. The third-order valence-electron chi connectivity index (χ3n) is 0. The standard InChI is InChI=1S/C2H4O.U/c1-2-3;/h2H,1H3;. The van der Waals surface area contributed by atoms with Crippen LogP contribution >= 0.6 is 0 Å². The third-order valence-corrected chi connectivity index (χ3v) is 0. The van der Waals surface area contributed by atoms with Gasteiger partial charge in [0, 0.05) is 31.1 Å². The van der Waals surface area contributed by atoms with E-state index in [1.165, 1.54) is 6.92 Å². The zero-order valence-corrected chi connectivity index (χ0v) is 6.65. The molecule has 22 valence electrons. The minimum Gasteiger partial charge on any atom is -0.304 e. The van der Waals surface area contributed by atoms with E-state index in [4.69, 9.17) is 4.79 Å². The van der Waals surface area contributed by atoms with Gasteiger partial charge in [0.05, 0.1) is 0 Å². The zero-order chi connectivity index (χ0) is 2.71. The molecule has 0 aliphatic rings. The van der Waals surface area contributed by atoms with Crippen LogP contribution in [0.25, 0.3) is 0 Å². The molecule has 0 aromatic heterocycles. The van der Waals surface area contributed by atoms with Gasteiger partial charge in [-0.3, -0.25) is 0 Å². The molecule has 0 rings (SSSR count). The quantitative estimate of drug-likeness (QED) is 0.580. The Bertz CT molecular complexity index is 13.5. The summed E-state index contributed by atoms with van der Waals surface area (Å²) in [5.74, 6) is 0. The van der Waals surface area contributed by atoms with Gasteiger partial charge in [0.15, 0.2) is 0 Å². The van der Waals surface area contributed by atoms with Crippen LogP contribution < -0.4 is 0 Å². The predicted molar refractivity (Wildman–Crippen MR) is 11.7 cm³/mol. The molecule has 0 bridgehead atoms. The summed E-state index contributed by atoms with van der Waals surface area (Å²) >= 11 is 0. The number of carbonyl (C=O) groups excluding carboxylic acids is 1. The van der Waals surface area contributed by atoms with Crippen LogP contribution in [-0.2, 0) is 4.79 Å². The van der Waals surface area contributed by atoms with Crippen molar-refractivity contribution in [3.8, 4) is 0 Å². The van der Waals surface area contributed by atoms with Gasteiger partial charge >= 0.3 is 0 Å². The molecule has 4 heavy (non-hydrogen) atoms. The minimum absolute atomic E-state index is 0. The average molecular weight is 282 g/mol. The Kier molecular flexibility index (Phi) is 20.5. The summed E-state index contributed by atoms with van der Waals surface area (Å²) in [5, 5.41) is 0. The van der Waals surface area contributed by atoms with Crippen LogP contribution in [0.3, 0.4) is 0 Å². The molecular formula is C2H4OU. The van der Waals surface area contributed by atoms with E-state index in [0.29, 0.717) is 0 Å². The molecule has 0 heterocycles. The Hall–Kier alpha value is 0.722. The van der Waals surface area contributed by atoms with Crippen LogP contribution in [0.5, 0.6) is 0 Å². The number of rotatable bonds is 0. The SMILES string of the molecule is CC=O.[U]. The molecule has 0 radical (unpaired) electrons. The molecule has 0 unspecified atom stereocenters. The normalized spacial score (nSPS) is 3.25. The molecule has 0 spiro atoms. The number of hydrogen-bond donors (Lipinski definition) is 0. The Morgan fingerprint density at radius 1 is 1.75 bits per heavy atom. The summed E-state index contributed by atoms with van der Waals surface area (Å²) in [6.07, 6.45) is 0.750. The largest absolute Gasteiger partial charge is 0.304 e. The molecular weight excluding hydrogens is 278 g/mol. The fraction of sp³-hybridized carbons (Fsp3) is 0.500. The first-order valence-corrected chi connectivity index (χ1v) is 0.813. The summed E-state index contributed by atoms with van der Waals surface area (Å²) in [7, 11) is 0. The van der Waals surface area contributed by atoms with E-state index in [-0.39, 0.29) is 31.1 Å². The summed E-state index contributed by atoms with van der Waals surface area (Å²) < 4.78 is 0. The molecule has 0 aliphatic heterocycles. The maximum absolute atomic E-state index is 8.81. The molecule has 0 aromatic rings. The number of hydrogen-bond acceptors (Lipinski definition) is 1. The Morgan fingerprint density at radius 3 is 1.75 bits per heavy atom. The van der Waals surface area contributed by atoms with E-state index in [9.17, 15) is 0 Å². The van der Waals surface area contributed by atoms with Crippen molar-refractivity contribution in [2.24, 2.45) is 0 Å². The van der Waals surface area contributed by atoms with Crippen LogP contribution in [-0.4, -0.2) is 6.29 Å². The van der Waals surface area contributed by atoms with Gasteiger partial charge in [0.25, 0.3) is 0 Å². The fourth-order valence-corrected chi connectivity index (χ4v) is 0. The van der Waals surface area contributed by atoms with Crippen LogP contribution in [0, 0.1) is 31.1 Å². The molecule has 0 saturated carbocycles. The monoisotopic (exact) mass is 282 g/mol. The second-order valence-electron chi connectivity index (χ2n) is 0.236. The molecule has 0 saturated heterocycles. The van der Waals surface area contributed by atoms with Crippen molar-refractivity contribution in [2.75, 3.05) is 0 Å². The Balaban J connectivity index is 0. The topological polar surface area (TPSA) is 17.1 Å². The zero-order valence-electron chi connectivity index (χ0n) is 2.49. The summed E-state index contributed by atoms with van der Waals surface area (Å²) in [4.78, 5) is 8.81. The molecule has 0 fully saturated rings. The average Bonchev–Trinajstić information content (AvgIpc) is 0.918. The van der Waals surface area contributed by atoms with Gasteiger partial charge in [-0.05, 0) is 6.92 Å². The Morgan fingerprint density at radius 2 is 1.75 bits per heavy atom. The van der Waals surface area contributed by atoms with Gasteiger partial charge in [0.1, 0.15) is 6.29 Å². The first-order valence-electron chi connectivity index (χ1n) is 0.813. The van der Waals surface area contributed by atoms with Gasteiger partial charge in [-0.2, -0.15) is 0 Å². The molecule has 0 amide bonds. The molecule has 2 heteroatoms. The van der Waals surface area contributed by atoms with E-state index in [1.807, 2.05) is 0 Å². The third kappa shape index (κ3) is 15.5. The van der Waals surface area contributed by atoms with Crippen molar-refractivity contribution in [3.63, 3.8) is 0 Å². The van der Waals surface area contributed by atoms with E-state index in [0.717, 1.165) is 6.29 Å². The smallest absolute Gasteiger partial charge is 0.116 e. The molecule has 0 N–H and O–H groups in total. The number of carbonyl (C=O) groups is 1. The van der Waals surface area contributed by atoms with Crippen LogP contribution in [0.15, 0.2) is 0 Å². The van der Waals surface area contributed by atoms with Gasteiger partial charge in [0.2, 0.25) is 0 Å². The van der Waals surface area contributed by atoms with Crippen LogP contribution in [0.2, 0.25) is 0 Å². The first kappa shape index (κ1) is 8.83. The van der Waals surface area contributed by atoms with Crippen molar-refractivity contribution in [1.29, 1.82) is 0 Å². The van der Waals surface area contributed by atoms with E-state index in [2.05, 4.69) is 0 Å². The van der Waals surface area contributed by atoms with E-state index < -0.39 is 0 Å². The van der Waals surface area contributed by atoms with Crippen LogP contribution in [0.1, 0.15) is 6.92 Å². The van der Waals surface area contributed by atoms with Crippen molar-refractivity contribution in [1.82, 2.24) is 0 Å². The van der Waals surface area contributed by atoms with Crippen molar-refractivity contribution >= 4 is 6.29 Å². The molecule has 0 aromatic carbocycles. The maximum atomic E-state index is 8.81. The molecule has 1 nitrogen and oxygen atoms in total. The summed E-state index contributed by atoms with van der Waals surface area (Å²) in [6.45, 7) is 1.44. The van der Waals surface area contributed by atoms with E-state index >= 15 is 0 Å². The van der Waals surface area contributed by atoms with Gasteiger partial charge in [-0.25, -0.2) is 0 Å². The predicted octanol–water partition coefficient (Wildman–Crippen LogP) is 0.205. The van der Waals surface area contributed by atoms with Crippen molar-refractivity contribution in [2.45, 2.75) is 6.92 Å². The second kappa shape index (κ2) is 9.30. The second-order valence-corrected chi connectivity index (χ2v) is 0.236. The van der Waals surface area contributed by atoms with E-state index in [1.54, 1.807) is 0 Å². The maximum Gasteiger partial charge on any atom is 0.116 e. The van der Waals surface area contributed by atoms with Gasteiger partial charge < -0.3 is 4.79 Å². The van der Waals surface area contributed by atoms with Gasteiger partial charge in [-0.1, -0.05) is 0 Å². The summed E-state index contributed by atoms with van der Waals surface area (Å²) in [5.41, 5.74) is 0. The van der Waals surface area contributed by atoms with Crippen molar-refractivity contribution < 1.29 is 35.9 Å². The van der Waals surface area contributed by atoms with Crippen LogP contribution in [0.4, 0.5) is 0 Å². The fourth-order valence-electron chi connectivity index (χ4n) is 0. The number of aldehydes is 1.